The Kier molecular flexibility index (Phi) is 5.56. The van der Waals surface area contributed by atoms with Crippen LogP contribution in [0.4, 0.5) is 0 Å². The Balaban J connectivity index is 2.13. The van der Waals surface area contributed by atoms with E-state index in [1.807, 2.05) is 13.0 Å². The fraction of sp³-hybridized carbons (Fsp3) is 0.500. The lowest BCUT2D eigenvalue weighted by Crippen LogP contribution is -2.45. The molecule has 25 heavy (non-hydrogen) atoms. The molecule has 1 aromatic rings. The molecule has 0 bridgehead atoms. The minimum Gasteiger partial charge on any atom is -0.460 e. The lowest BCUT2D eigenvalue weighted by molar-refractivity contribution is -0.155. The number of esters is 1. The number of carbonyl (C=O) groups is 3. The van der Waals surface area contributed by atoms with Crippen LogP contribution in [-0.4, -0.2) is 34.3 Å². The second-order valence-electron chi connectivity index (χ2n) is 7.23. The topological polar surface area (TPSA) is 89.7 Å². The van der Waals surface area contributed by atoms with E-state index in [0.717, 1.165) is 15.6 Å². The van der Waals surface area contributed by atoms with E-state index in [0.29, 0.717) is 12.1 Å². The lowest BCUT2D eigenvalue weighted by atomic mass is 10.1. The highest BCUT2D eigenvalue weighted by Crippen LogP contribution is 2.30. The second-order valence-corrected chi connectivity index (χ2v) is 8.09. The van der Waals surface area contributed by atoms with Crippen LogP contribution < -0.4 is 5.73 Å². The summed E-state index contributed by atoms with van der Waals surface area (Å²) in [5, 5.41) is 0. The summed E-state index contributed by atoms with van der Waals surface area (Å²) >= 11 is 3.45. The number of hydrogen-bond donors (Lipinski definition) is 1. The number of nitrogens with zero attached hydrogens (tertiary/aromatic N) is 1. The second kappa shape index (κ2) is 7.15. The van der Waals surface area contributed by atoms with E-state index in [2.05, 4.69) is 15.9 Å². The highest BCUT2D eigenvalue weighted by Gasteiger charge is 2.36. The molecular formula is C18H23BrN2O4. The zero-order valence-corrected chi connectivity index (χ0v) is 16.5. The summed E-state index contributed by atoms with van der Waals surface area (Å²) in [6.07, 6.45) is 0.165. The van der Waals surface area contributed by atoms with Crippen LogP contribution in [0.2, 0.25) is 0 Å². The van der Waals surface area contributed by atoms with E-state index in [1.54, 1.807) is 26.8 Å². The highest BCUT2D eigenvalue weighted by molar-refractivity contribution is 9.10. The van der Waals surface area contributed by atoms with Gasteiger partial charge in [0.1, 0.15) is 11.6 Å². The Morgan fingerprint density at radius 2 is 2.00 bits per heavy atom. The first-order valence-corrected chi connectivity index (χ1v) is 8.90. The molecule has 0 radical (unpaired) electrons. The number of aryl methyl sites for hydroxylation is 1. The summed E-state index contributed by atoms with van der Waals surface area (Å²) < 4.78 is 6.16. The third kappa shape index (κ3) is 4.60. The number of carbonyl (C=O) groups excluding carboxylic acids is 3. The van der Waals surface area contributed by atoms with Gasteiger partial charge in [0.2, 0.25) is 5.91 Å². The van der Waals surface area contributed by atoms with Crippen LogP contribution in [0.3, 0.4) is 0 Å². The predicted octanol–water partition coefficient (Wildman–Crippen LogP) is 2.69. The van der Waals surface area contributed by atoms with Crippen molar-refractivity contribution in [1.82, 2.24) is 4.90 Å². The van der Waals surface area contributed by atoms with Gasteiger partial charge < -0.3 is 15.4 Å². The molecule has 1 aliphatic rings. The van der Waals surface area contributed by atoms with Gasteiger partial charge in [-0.05, 0) is 57.4 Å². The van der Waals surface area contributed by atoms with E-state index in [4.69, 9.17) is 10.5 Å². The summed E-state index contributed by atoms with van der Waals surface area (Å²) in [5.74, 6) is -1.28. The minimum absolute atomic E-state index is 0.0216. The summed E-state index contributed by atoms with van der Waals surface area (Å²) in [7, 11) is 0. The Hall–Kier alpha value is -1.89. The van der Waals surface area contributed by atoms with Crippen molar-refractivity contribution in [2.45, 2.75) is 58.7 Å². The van der Waals surface area contributed by atoms with Crippen LogP contribution >= 0.6 is 15.9 Å². The first kappa shape index (κ1) is 19.4. The van der Waals surface area contributed by atoms with Gasteiger partial charge in [-0.3, -0.25) is 14.4 Å². The molecule has 136 valence electrons. The average molecular weight is 411 g/mol. The Labute approximate surface area is 155 Å². The number of primary amides is 1. The smallest absolute Gasteiger partial charge is 0.306 e. The number of amides is 2. The maximum atomic E-state index is 12.7. The van der Waals surface area contributed by atoms with Gasteiger partial charge in [-0.2, -0.15) is 0 Å². The highest BCUT2D eigenvalue weighted by atomic mass is 79.9. The number of halogens is 1. The van der Waals surface area contributed by atoms with Crippen molar-refractivity contribution in [1.29, 1.82) is 0 Å². The minimum atomic E-state index is -0.841. The van der Waals surface area contributed by atoms with Gasteiger partial charge in [-0.1, -0.05) is 15.9 Å². The molecule has 1 heterocycles. The summed E-state index contributed by atoms with van der Waals surface area (Å²) in [4.78, 5) is 37.9. The molecule has 1 aliphatic heterocycles. The number of fused-ring (bicyclic) bond motifs is 1. The maximum absolute atomic E-state index is 12.7. The number of rotatable bonds is 5. The van der Waals surface area contributed by atoms with Crippen LogP contribution in [-0.2, 0) is 20.9 Å². The molecule has 1 atom stereocenters. The first-order chi connectivity index (χ1) is 11.5. The zero-order chi connectivity index (χ0) is 18.9. The zero-order valence-electron chi connectivity index (χ0n) is 14.9. The maximum Gasteiger partial charge on any atom is 0.306 e. The van der Waals surface area contributed by atoms with Crippen molar-refractivity contribution in [3.8, 4) is 0 Å². The molecular weight excluding hydrogens is 388 g/mol. The van der Waals surface area contributed by atoms with Crippen molar-refractivity contribution < 1.29 is 19.1 Å². The van der Waals surface area contributed by atoms with Crippen LogP contribution in [0, 0.1) is 6.92 Å². The van der Waals surface area contributed by atoms with Crippen molar-refractivity contribution in [3.05, 3.63) is 33.3 Å². The fourth-order valence-electron chi connectivity index (χ4n) is 2.81. The molecule has 2 rings (SSSR count). The summed E-state index contributed by atoms with van der Waals surface area (Å²) in [5.41, 5.74) is 7.25. The molecule has 0 spiro atoms. The Bertz CT molecular complexity index is 725. The number of hydrogen-bond acceptors (Lipinski definition) is 4. The number of ether oxygens (including phenoxy) is 1. The summed E-state index contributed by atoms with van der Waals surface area (Å²) in [6.45, 7) is 7.52. The number of benzene rings is 1. The van der Waals surface area contributed by atoms with E-state index >= 15 is 0 Å². The standard InChI is InChI=1S/C18H23BrN2O4/c1-10-7-12-11(8-13(10)19)9-21(17(12)24)14(16(20)23)5-6-15(22)25-18(2,3)4/h7-8,14H,5-6,9H2,1-4H3,(H2,20,23)/t14-/m0/s1. The normalized spacial score (nSPS) is 15.1. The van der Waals surface area contributed by atoms with Gasteiger partial charge in [0.15, 0.2) is 0 Å². The molecule has 6 nitrogen and oxygen atoms in total. The molecule has 0 saturated heterocycles. The number of nitrogens with two attached hydrogens (primary N) is 1. The largest absolute Gasteiger partial charge is 0.460 e. The first-order valence-electron chi connectivity index (χ1n) is 8.11. The predicted molar refractivity (Wildman–Crippen MR) is 96.8 cm³/mol. The van der Waals surface area contributed by atoms with Crippen LogP contribution in [0.1, 0.15) is 55.1 Å². The Morgan fingerprint density at radius 1 is 1.36 bits per heavy atom. The van der Waals surface area contributed by atoms with Gasteiger partial charge >= 0.3 is 5.97 Å². The van der Waals surface area contributed by atoms with Gasteiger partial charge in [0.25, 0.3) is 5.91 Å². The van der Waals surface area contributed by atoms with Gasteiger partial charge in [0.05, 0.1) is 0 Å². The monoisotopic (exact) mass is 410 g/mol. The van der Waals surface area contributed by atoms with Crippen LogP contribution in [0.25, 0.3) is 0 Å². The van der Waals surface area contributed by atoms with Gasteiger partial charge in [-0.25, -0.2) is 0 Å². The average Bonchev–Trinajstić information content (AvgIpc) is 2.75. The van der Waals surface area contributed by atoms with Crippen molar-refractivity contribution >= 4 is 33.7 Å². The van der Waals surface area contributed by atoms with Gasteiger partial charge in [-0.15, -0.1) is 0 Å². The molecule has 0 fully saturated rings. The quantitative estimate of drug-likeness (QED) is 0.755. The van der Waals surface area contributed by atoms with Crippen LogP contribution in [0.15, 0.2) is 16.6 Å². The molecule has 2 N–H and O–H groups in total. The molecule has 0 aliphatic carbocycles. The van der Waals surface area contributed by atoms with E-state index in [1.165, 1.54) is 4.90 Å². The Morgan fingerprint density at radius 3 is 2.56 bits per heavy atom. The third-order valence-electron chi connectivity index (χ3n) is 3.96. The molecule has 1 aromatic carbocycles. The van der Waals surface area contributed by atoms with Crippen LogP contribution in [0.5, 0.6) is 0 Å². The fourth-order valence-corrected chi connectivity index (χ4v) is 3.20. The molecule has 2 amide bonds. The molecule has 7 heteroatoms. The molecule has 0 unspecified atom stereocenters. The molecule has 0 aromatic heterocycles. The summed E-state index contributed by atoms with van der Waals surface area (Å²) in [6, 6.07) is 2.84. The van der Waals surface area contributed by atoms with Crippen molar-refractivity contribution in [2.75, 3.05) is 0 Å². The van der Waals surface area contributed by atoms with E-state index in [-0.39, 0.29) is 18.7 Å². The van der Waals surface area contributed by atoms with Crippen molar-refractivity contribution in [3.63, 3.8) is 0 Å². The molecule has 0 saturated carbocycles. The SMILES string of the molecule is Cc1cc2c(cc1Br)CN([C@@H](CCC(=O)OC(C)(C)C)C(N)=O)C2=O. The van der Waals surface area contributed by atoms with E-state index in [9.17, 15) is 14.4 Å². The lowest BCUT2D eigenvalue weighted by Gasteiger charge is -2.25. The van der Waals surface area contributed by atoms with E-state index < -0.39 is 23.5 Å². The van der Waals surface area contributed by atoms with Crippen molar-refractivity contribution in [2.24, 2.45) is 5.73 Å². The third-order valence-corrected chi connectivity index (χ3v) is 4.82. The van der Waals surface area contributed by atoms with Gasteiger partial charge in [0, 0.05) is 23.0 Å².